The van der Waals surface area contributed by atoms with Gasteiger partial charge in [-0.05, 0) is 72.8 Å². The number of aliphatic imine (C=N–C) groups is 1. The summed E-state index contributed by atoms with van der Waals surface area (Å²) in [5, 5.41) is 0. The molecule has 1 aliphatic heterocycles. The van der Waals surface area contributed by atoms with Crippen LogP contribution in [0.15, 0.2) is 71.4 Å². The van der Waals surface area contributed by atoms with Gasteiger partial charge in [-0.25, -0.2) is 9.97 Å². The SMILES string of the molecule is CC1=NC(c2ncc3c(n2)-c2ccccc2CC3)C=C1C(=O)Cc1ccc(CCC2CCC(C)CC2)cc1. The fourth-order valence-corrected chi connectivity index (χ4v) is 6.33. The standard InChI is InChI=1S/C34H37N3O/c1-22-7-9-24(10-8-22)11-12-25-13-15-26(16-14-25)19-32(38)30-20-31(36-23(30)2)34-35-21-28-18-17-27-5-3-4-6-29(27)33(28)37-34/h3-6,13-16,20-22,24,31H,7-12,17-19H2,1-2H3. The number of aryl methyl sites for hydroxylation is 3. The van der Waals surface area contributed by atoms with Crippen LogP contribution in [0.25, 0.3) is 11.3 Å². The van der Waals surface area contributed by atoms with Crippen LogP contribution in [0.4, 0.5) is 0 Å². The van der Waals surface area contributed by atoms with E-state index >= 15 is 0 Å². The van der Waals surface area contributed by atoms with Crippen molar-refractivity contribution in [3.05, 3.63) is 94.5 Å². The molecule has 2 aliphatic carbocycles. The maximum atomic E-state index is 13.3. The number of hydrogen-bond donors (Lipinski definition) is 0. The van der Waals surface area contributed by atoms with E-state index < -0.39 is 0 Å². The summed E-state index contributed by atoms with van der Waals surface area (Å²) in [6.45, 7) is 4.30. The lowest BCUT2D eigenvalue weighted by Crippen LogP contribution is -2.13. The Kier molecular flexibility index (Phi) is 7.06. The molecule has 194 valence electrons. The molecule has 1 atom stereocenters. The molecule has 4 heteroatoms. The van der Waals surface area contributed by atoms with Gasteiger partial charge in [0.15, 0.2) is 11.6 Å². The van der Waals surface area contributed by atoms with Crippen LogP contribution in [-0.2, 0) is 30.5 Å². The van der Waals surface area contributed by atoms with Gasteiger partial charge in [0.2, 0.25) is 0 Å². The van der Waals surface area contributed by atoms with Crippen molar-refractivity contribution in [1.82, 2.24) is 9.97 Å². The average molecular weight is 504 g/mol. The molecule has 1 fully saturated rings. The topological polar surface area (TPSA) is 55.2 Å². The Morgan fingerprint density at radius 1 is 0.921 bits per heavy atom. The van der Waals surface area contributed by atoms with E-state index in [0.29, 0.717) is 17.8 Å². The van der Waals surface area contributed by atoms with E-state index in [4.69, 9.17) is 9.98 Å². The summed E-state index contributed by atoms with van der Waals surface area (Å²) in [6, 6.07) is 16.8. The fourth-order valence-electron chi connectivity index (χ4n) is 6.33. The lowest BCUT2D eigenvalue weighted by atomic mass is 9.80. The van der Waals surface area contributed by atoms with Crippen molar-refractivity contribution in [3.8, 4) is 11.3 Å². The van der Waals surface area contributed by atoms with Gasteiger partial charge in [0.1, 0.15) is 6.04 Å². The molecule has 0 bridgehead atoms. The molecule has 38 heavy (non-hydrogen) atoms. The molecule has 2 heterocycles. The Hall–Kier alpha value is -3.40. The first-order chi connectivity index (χ1) is 18.5. The van der Waals surface area contributed by atoms with Crippen LogP contribution in [0, 0.1) is 11.8 Å². The van der Waals surface area contributed by atoms with Gasteiger partial charge in [-0.2, -0.15) is 0 Å². The summed E-state index contributed by atoms with van der Waals surface area (Å²) in [5.41, 5.74) is 8.63. The second-order valence-electron chi connectivity index (χ2n) is 11.6. The minimum Gasteiger partial charge on any atom is -0.294 e. The number of fused-ring (bicyclic) bond motifs is 3. The zero-order chi connectivity index (χ0) is 26.1. The van der Waals surface area contributed by atoms with Gasteiger partial charge < -0.3 is 0 Å². The van der Waals surface area contributed by atoms with Gasteiger partial charge in [0.25, 0.3) is 0 Å². The predicted octanol–water partition coefficient (Wildman–Crippen LogP) is 7.25. The Labute approximate surface area is 226 Å². The van der Waals surface area contributed by atoms with E-state index in [1.807, 2.05) is 19.2 Å². The fraction of sp³-hybridized carbons (Fsp3) is 0.412. The summed E-state index contributed by atoms with van der Waals surface area (Å²) < 4.78 is 0. The summed E-state index contributed by atoms with van der Waals surface area (Å²) in [5.74, 6) is 2.57. The van der Waals surface area contributed by atoms with Crippen molar-refractivity contribution in [2.24, 2.45) is 16.8 Å². The molecule has 0 N–H and O–H groups in total. The number of allylic oxidation sites excluding steroid dienone is 1. The lowest BCUT2D eigenvalue weighted by Gasteiger charge is -2.26. The Balaban J connectivity index is 1.11. The summed E-state index contributed by atoms with van der Waals surface area (Å²) in [7, 11) is 0. The number of benzene rings is 2. The second-order valence-corrected chi connectivity index (χ2v) is 11.6. The molecule has 3 aliphatic rings. The van der Waals surface area contributed by atoms with Crippen LogP contribution >= 0.6 is 0 Å². The highest BCUT2D eigenvalue weighted by atomic mass is 16.1. The summed E-state index contributed by atoms with van der Waals surface area (Å²) in [6.07, 6.45) is 14.2. The third-order valence-electron chi connectivity index (χ3n) is 8.80. The van der Waals surface area contributed by atoms with Crippen LogP contribution in [0.5, 0.6) is 0 Å². The molecule has 0 amide bonds. The number of carbonyl (C=O) groups excluding carboxylic acids is 1. The Bertz CT molecular complexity index is 1390. The Morgan fingerprint density at radius 2 is 1.66 bits per heavy atom. The smallest absolute Gasteiger partial charge is 0.168 e. The number of aromatic nitrogens is 2. The molecule has 1 saturated carbocycles. The molecule has 0 spiro atoms. The first-order valence-corrected chi connectivity index (χ1v) is 14.3. The van der Waals surface area contributed by atoms with Crippen molar-refractivity contribution in [3.63, 3.8) is 0 Å². The predicted molar refractivity (Wildman–Crippen MR) is 153 cm³/mol. The van der Waals surface area contributed by atoms with Gasteiger partial charge >= 0.3 is 0 Å². The minimum absolute atomic E-state index is 0.112. The molecular weight excluding hydrogens is 466 g/mol. The first-order valence-electron chi connectivity index (χ1n) is 14.3. The third kappa shape index (κ3) is 5.27. The van der Waals surface area contributed by atoms with Crippen LogP contribution in [0.2, 0.25) is 0 Å². The molecule has 1 aromatic heterocycles. The molecule has 4 nitrogen and oxygen atoms in total. The molecule has 3 aromatic rings. The van der Waals surface area contributed by atoms with Crippen molar-refractivity contribution < 1.29 is 4.79 Å². The number of hydrogen-bond acceptors (Lipinski definition) is 4. The van der Waals surface area contributed by atoms with Crippen LogP contribution in [0.1, 0.15) is 80.1 Å². The highest BCUT2D eigenvalue weighted by Gasteiger charge is 2.26. The van der Waals surface area contributed by atoms with Crippen molar-refractivity contribution >= 4 is 11.5 Å². The van der Waals surface area contributed by atoms with Gasteiger partial charge in [0, 0.05) is 29.5 Å². The quantitative estimate of drug-likeness (QED) is 0.341. The second kappa shape index (κ2) is 10.8. The maximum absolute atomic E-state index is 13.3. The molecule has 6 rings (SSSR count). The number of nitrogens with zero attached hydrogens (tertiary/aromatic N) is 3. The van der Waals surface area contributed by atoms with E-state index in [0.717, 1.165) is 48.1 Å². The highest BCUT2D eigenvalue weighted by Crippen LogP contribution is 2.34. The molecule has 0 saturated heterocycles. The molecule has 0 radical (unpaired) electrons. The lowest BCUT2D eigenvalue weighted by molar-refractivity contribution is -0.114. The van der Waals surface area contributed by atoms with Crippen LogP contribution in [-0.4, -0.2) is 21.5 Å². The van der Waals surface area contributed by atoms with Gasteiger partial charge in [0.05, 0.1) is 5.69 Å². The van der Waals surface area contributed by atoms with Crippen molar-refractivity contribution in [1.29, 1.82) is 0 Å². The molecular formula is C34H37N3O. The van der Waals surface area contributed by atoms with Crippen molar-refractivity contribution in [2.45, 2.75) is 77.7 Å². The average Bonchev–Trinajstić information content (AvgIpc) is 3.35. The van der Waals surface area contributed by atoms with Crippen molar-refractivity contribution in [2.75, 3.05) is 0 Å². The molecule has 1 unspecified atom stereocenters. The van der Waals surface area contributed by atoms with E-state index in [-0.39, 0.29) is 11.8 Å². The number of Topliss-reactive ketones (excluding diaryl/α,β-unsaturated/α-hetero) is 1. The normalized spacial score (nSPS) is 22.3. The maximum Gasteiger partial charge on any atom is 0.168 e. The van der Waals surface area contributed by atoms with Gasteiger partial charge in [-0.1, -0.05) is 81.1 Å². The van der Waals surface area contributed by atoms with Crippen LogP contribution < -0.4 is 0 Å². The number of rotatable bonds is 7. The van der Waals surface area contributed by atoms with E-state index in [2.05, 4.69) is 60.4 Å². The first kappa shape index (κ1) is 24.9. The van der Waals surface area contributed by atoms with E-state index in [9.17, 15) is 4.79 Å². The van der Waals surface area contributed by atoms with Crippen LogP contribution in [0.3, 0.4) is 0 Å². The number of ketones is 1. The molecule has 2 aromatic carbocycles. The van der Waals surface area contributed by atoms with Gasteiger partial charge in [-0.3, -0.25) is 9.79 Å². The third-order valence-corrected chi connectivity index (χ3v) is 8.80. The zero-order valence-electron chi connectivity index (χ0n) is 22.6. The zero-order valence-corrected chi connectivity index (χ0v) is 22.6. The monoisotopic (exact) mass is 503 g/mol. The Morgan fingerprint density at radius 3 is 2.47 bits per heavy atom. The van der Waals surface area contributed by atoms with Gasteiger partial charge in [-0.15, -0.1) is 0 Å². The summed E-state index contributed by atoms with van der Waals surface area (Å²) >= 11 is 0. The van der Waals surface area contributed by atoms with E-state index in [1.165, 1.54) is 54.4 Å². The largest absolute Gasteiger partial charge is 0.294 e. The van der Waals surface area contributed by atoms with E-state index in [1.54, 1.807) is 0 Å². The summed E-state index contributed by atoms with van der Waals surface area (Å²) in [4.78, 5) is 27.6. The number of carbonyl (C=O) groups is 1. The highest BCUT2D eigenvalue weighted by molar-refractivity contribution is 6.23. The minimum atomic E-state index is -0.307.